The summed E-state index contributed by atoms with van der Waals surface area (Å²) in [5, 5.41) is 17.3. The van der Waals surface area contributed by atoms with Gasteiger partial charge in [0.25, 0.3) is 11.6 Å². The fraction of sp³-hybridized carbons (Fsp3) is 0.136. The van der Waals surface area contributed by atoms with Crippen molar-refractivity contribution in [3.8, 4) is 11.5 Å². The van der Waals surface area contributed by atoms with Crippen LogP contribution < -0.4 is 20.1 Å². The standard InChI is InChI=1S/C22H21N3O5/c1-29-20-11-9-17(13-21(20)30-2)24-22(26)16-8-10-18(19(12-16)25(27)28)23-14-15-6-4-3-5-7-15/h3-13,23H,14H2,1-2H3,(H,24,26). The highest BCUT2D eigenvalue weighted by Crippen LogP contribution is 2.30. The first-order valence-corrected chi connectivity index (χ1v) is 9.11. The third kappa shape index (κ3) is 4.85. The molecule has 0 saturated carbocycles. The molecule has 0 aliphatic carbocycles. The highest BCUT2D eigenvalue weighted by atomic mass is 16.6. The van der Waals surface area contributed by atoms with E-state index in [0.717, 1.165) is 5.56 Å². The predicted molar refractivity (Wildman–Crippen MR) is 114 cm³/mol. The molecule has 0 atom stereocenters. The van der Waals surface area contributed by atoms with Crippen LogP contribution in [-0.2, 0) is 6.54 Å². The third-order valence-corrected chi connectivity index (χ3v) is 4.42. The summed E-state index contributed by atoms with van der Waals surface area (Å²) in [6.45, 7) is 0.429. The molecule has 0 aliphatic heterocycles. The van der Waals surface area contributed by atoms with Gasteiger partial charge >= 0.3 is 0 Å². The minimum absolute atomic E-state index is 0.168. The molecule has 1 amide bonds. The van der Waals surface area contributed by atoms with Gasteiger partial charge in [0.15, 0.2) is 11.5 Å². The van der Waals surface area contributed by atoms with Crippen LogP contribution in [0.3, 0.4) is 0 Å². The SMILES string of the molecule is COc1ccc(NC(=O)c2ccc(NCc3ccccc3)c([N+](=O)[O-])c2)cc1OC. The van der Waals surface area contributed by atoms with E-state index in [0.29, 0.717) is 29.4 Å². The summed E-state index contributed by atoms with van der Waals surface area (Å²) in [4.78, 5) is 23.6. The minimum atomic E-state index is -0.513. The third-order valence-electron chi connectivity index (χ3n) is 4.42. The van der Waals surface area contributed by atoms with E-state index in [2.05, 4.69) is 10.6 Å². The Bertz CT molecular complexity index is 1050. The molecular weight excluding hydrogens is 386 g/mol. The zero-order valence-electron chi connectivity index (χ0n) is 16.5. The van der Waals surface area contributed by atoms with Gasteiger partial charge in [-0.25, -0.2) is 0 Å². The molecule has 0 radical (unpaired) electrons. The van der Waals surface area contributed by atoms with Crippen molar-refractivity contribution in [1.29, 1.82) is 0 Å². The van der Waals surface area contributed by atoms with Crippen molar-refractivity contribution >= 4 is 23.0 Å². The molecule has 0 saturated heterocycles. The smallest absolute Gasteiger partial charge is 0.293 e. The number of nitrogens with zero attached hydrogens (tertiary/aromatic N) is 1. The van der Waals surface area contributed by atoms with Crippen molar-refractivity contribution in [3.05, 3.63) is 88.0 Å². The molecule has 3 aromatic rings. The van der Waals surface area contributed by atoms with Gasteiger partial charge in [0.2, 0.25) is 0 Å². The fourth-order valence-electron chi connectivity index (χ4n) is 2.88. The molecular formula is C22H21N3O5. The average molecular weight is 407 g/mol. The topological polar surface area (TPSA) is 103 Å². The largest absolute Gasteiger partial charge is 0.493 e. The number of rotatable bonds is 8. The first-order valence-electron chi connectivity index (χ1n) is 9.11. The Labute approximate surface area is 173 Å². The first kappa shape index (κ1) is 20.7. The summed E-state index contributed by atoms with van der Waals surface area (Å²) in [7, 11) is 3.01. The number of carbonyl (C=O) groups excluding carboxylic acids is 1. The van der Waals surface area contributed by atoms with E-state index in [9.17, 15) is 14.9 Å². The normalized spacial score (nSPS) is 10.2. The number of benzene rings is 3. The van der Waals surface area contributed by atoms with Gasteiger partial charge in [0, 0.05) is 29.9 Å². The zero-order valence-corrected chi connectivity index (χ0v) is 16.5. The van der Waals surface area contributed by atoms with E-state index in [-0.39, 0.29) is 11.3 Å². The summed E-state index contributed by atoms with van der Waals surface area (Å²) < 4.78 is 10.4. The number of hydrogen-bond acceptors (Lipinski definition) is 6. The molecule has 0 spiro atoms. The molecule has 8 heteroatoms. The van der Waals surface area contributed by atoms with E-state index < -0.39 is 10.8 Å². The van der Waals surface area contributed by atoms with Gasteiger partial charge in [-0.05, 0) is 29.8 Å². The lowest BCUT2D eigenvalue weighted by molar-refractivity contribution is -0.384. The molecule has 154 valence electrons. The zero-order chi connectivity index (χ0) is 21.5. The van der Waals surface area contributed by atoms with E-state index in [1.165, 1.54) is 32.4 Å². The molecule has 0 fully saturated rings. The summed E-state index contributed by atoms with van der Waals surface area (Å²) in [5.74, 6) is 0.515. The lowest BCUT2D eigenvalue weighted by Crippen LogP contribution is -2.13. The lowest BCUT2D eigenvalue weighted by atomic mass is 10.1. The van der Waals surface area contributed by atoms with Crippen LogP contribution >= 0.6 is 0 Å². The number of methoxy groups -OCH3 is 2. The van der Waals surface area contributed by atoms with Crippen molar-refractivity contribution in [1.82, 2.24) is 0 Å². The Morgan fingerprint density at radius 3 is 2.37 bits per heavy atom. The number of nitro benzene ring substituents is 1. The number of amides is 1. The van der Waals surface area contributed by atoms with Crippen molar-refractivity contribution in [3.63, 3.8) is 0 Å². The predicted octanol–water partition coefficient (Wildman–Crippen LogP) is 4.48. The molecule has 0 heterocycles. The van der Waals surface area contributed by atoms with Crippen LogP contribution in [0.4, 0.5) is 17.1 Å². The Balaban J connectivity index is 1.78. The van der Waals surface area contributed by atoms with Crippen molar-refractivity contribution in [2.45, 2.75) is 6.54 Å². The summed E-state index contributed by atoms with van der Waals surface area (Å²) >= 11 is 0. The molecule has 2 N–H and O–H groups in total. The number of ether oxygens (including phenoxy) is 2. The Kier molecular flexibility index (Phi) is 6.49. The number of anilines is 2. The second-order valence-electron chi connectivity index (χ2n) is 6.35. The van der Waals surface area contributed by atoms with Gasteiger partial charge < -0.3 is 20.1 Å². The van der Waals surface area contributed by atoms with E-state index in [1.807, 2.05) is 30.3 Å². The number of hydrogen-bond donors (Lipinski definition) is 2. The number of nitrogens with one attached hydrogen (secondary N) is 2. The minimum Gasteiger partial charge on any atom is -0.493 e. The molecule has 0 aromatic heterocycles. The second-order valence-corrected chi connectivity index (χ2v) is 6.35. The van der Waals surface area contributed by atoms with Gasteiger partial charge in [0.1, 0.15) is 5.69 Å². The van der Waals surface area contributed by atoms with Crippen LogP contribution in [0.5, 0.6) is 11.5 Å². The molecule has 0 bridgehead atoms. The quantitative estimate of drug-likeness (QED) is 0.422. The average Bonchev–Trinajstić information content (AvgIpc) is 2.78. The Hall–Kier alpha value is -4.07. The molecule has 3 rings (SSSR count). The maximum atomic E-state index is 12.6. The van der Waals surface area contributed by atoms with E-state index in [4.69, 9.17) is 9.47 Å². The summed E-state index contributed by atoms with van der Waals surface area (Å²) in [6, 6.07) is 18.8. The second kappa shape index (κ2) is 9.42. The maximum Gasteiger partial charge on any atom is 0.293 e. The highest BCUT2D eigenvalue weighted by molar-refractivity contribution is 6.05. The van der Waals surface area contributed by atoms with Crippen molar-refractivity contribution < 1.29 is 19.2 Å². The highest BCUT2D eigenvalue weighted by Gasteiger charge is 2.18. The van der Waals surface area contributed by atoms with Gasteiger partial charge in [-0.1, -0.05) is 30.3 Å². The number of nitro groups is 1. The lowest BCUT2D eigenvalue weighted by Gasteiger charge is -2.11. The van der Waals surface area contributed by atoms with Gasteiger partial charge in [-0.15, -0.1) is 0 Å². The van der Waals surface area contributed by atoms with Crippen LogP contribution in [0, 0.1) is 10.1 Å². The monoisotopic (exact) mass is 407 g/mol. The van der Waals surface area contributed by atoms with Crippen molar-refractivity contribution in [2.24, 2.45) is 0 Å². The van der Waals surface area contributed by atoms with Crippen LogP contribution in [0.25, 0.3) is 0 Å². The van der Waals surface area contributed by atoms with Gasteiger partial charge in [-0.3, -0.25) is 14.9 Å². The van der Waals surface area contributed by atoms with E-state index in [1.54, 1.807) is 18.2 Å². The van der Waals surface area contributed by atoms with Crippen LogP contribution in [-0.4, -0.2) is 25.1 Å². The molecule has 8 nitrogen and oxygen atoms in total. The van der Waals surface area contributed by atoms with Gasteiger partial charge in [0.05, 0.1) is 19.1 Å². The van der Waals surface area contributed by atoms with Crippen LogP contribution in [0.2, 0.25) is 0 Å². The Morgan fingerprint density at radius 2 is 1.70 bits per heavy atom. The summed E-state index contributed by atoms with van der Waals surface area (Å²) in [6.07, 6.45) is 0. The Morgan fingerprint density at radius 1 is 0.967 bits per heavy atom. The van der Waals surface area contributed by atoms with Crippen molar-refractivity contribution in [2.75, 3.05) is 24.9 Å². The van der Waals surface area contributed by atoms with Gasteiger partial charge in [-0.2, -0.15) is 0 Å². The fourth-order valence-corrected chi connectivity index (χ4v) is 2.88. The molecule has 3 aromatic carbocycles. The van der Waals surface area contributed by atoms with Crippen LogP contribution in [0.1, 0.15) is 15.9 Å². The van der Waals surface area contributed by atoms with E-state index >= 15 is 0 Å². The number of carbonyl (C=O) groups is 1. The molecule has 30 heavy (non-hydrogen) atoms. The van der Waals surface area contributed by atoms with Crippen LogP contribution in [0.15, 0.2) is 66.7 Å². The summed E-state index contributed by atoms with van der Waals surface area (Å²) in [5.41, 5.74) is 1.80. The molecule has 0 unspecified atom stereocenters. The maximum absolute atomic E-state index is 12.6. The first-order chi connectivity index (χ1) is 14.5. The molecule has 0 aliphatic rings.